The van der Waals surface area contributed by atoms with Crippen LogP contribution < -0.4 is 19.5 Å². The zero-order chi connectivity index (χ0) is 11.3. The summed E-state index contributed by atoms with van der Waals surface area (Å²) in [7, 11) is 0. The standard InChI is InChI=1S/C14H16S/c1-5-9-12-11(7-3)13(8-4)15-14(12)10-6-2/h5-10H,1-2H2,3-4H3/b11-7-,12-9?,13-8+,14-10+. The minimum atomic E-state index is 1.24. The van der Waals surface area contributed by atoms with Crippen LogP contribution in [0.25, 0.3) is 24.3 Å². The third-order valence-corrected chi connectivity index (χ3v) is 3.40. The van der Waals surface area contributed by atoms with Crippen molar-refractivity contribution in [3.8, 4) is 0 Å². The molecule has 0 atom stereocenters. The fraction of sp³-hybridized carbons (Fsp3) is 0.143. The Hall–Kier alpha value is -1.34. The second kappa shape index (κ2) is 5.52. The average molecular weight is 216 g/mol. The SMILES string of the molecule is C=CC=c1c(=C/C)/c(=C\C)s/c1=C/C=C. The van der Waals surface area contributed by atoms with Gasteiger partial charge in [-0.05, 0) is 30.4 Å². The molecule has 0 N–H and O–H groups in total. The van der Waals surface area contributed by atoms with Gasteiger partial charge < -0.3 is 0 Å². The van der Waals surface area contributed by atoms with Gasteiger partial charge in [0.1, 0.15) is 0 Å². The van der Waals surface area contributed by atoms with Crippen molar-refractivity contribution in [3.63, 3.8) is 0 Å². The van der Waals surface area contributed by atoms with Gasteiger partial charge in [0.15, 0.2) is 0 Å². The van der Waals surface area contributed by atoms with E-state index in [1.807, 2.05) is 24.3 Å². The molecule has 1 heteroatoms. The van der Waals surface area contributed by atoms with Crippen molar-refractivity contribution in [2.45, 2.75) is 13.8 Å². The monoisotopic (exact) mass is 216 g/mol. The highest BCUT2D eigenvalue weighted by molar-refractivity contribution is 7.07. The first-order chi connectivity index (χ1) is 7.28. The summed E-state index contributed by atoms with van der Waals surface area (Å²) < 4.78 is 2.55. The molecule has 78 valence electrons. The minimum absolute atomic E-state index is 1.24. The van der Waals surface area contributed by atoms with E-state index in [1.165, 1.54) is 19.5 Å². The number of thiophene rings is 1. The van der Waals surface area contributed by atoms with Crippen LogP contribution in [0.2, 0.25) is 0 Å². The third-order valence-electron chi connectivity index (χ3n) is 2.15. The Morgan fingerprint density at radius 3 is 2.00 bits per heavy atom. The second-order valence-corrected chi connectivity index (χ2v) is 4.12. The van der Waals surface area contributed by atoms with Gasteiger partial charge in [-0.25, -0.2) is 0 Å². The summed E-state index contributed by atoms with van der Waals surface area (Å²) >= 11 is 1.78. The molecule has 0 saturated heterocycles. The fourth-order valence-corrected chi connectivity index (χ4v) is 2.67. The average Bonchev–Trinajstić information content (AvgIpc) is 2.57. The molecule has 15 heavy (non-hydrogen) atoms. The summed E-state index contributed by atoms with van der Waals surface area (Å²) in [5.41, 5.74) is 0. The molecule has 0 aliphatic rings. The number of allylic oxidation sites excluding steroid dienone is 2. The van der Waals surface area contributed by atoms with E-state index in [2.05, 4.69) is 39.2 Å². The number of hydrogen-bond acceptors (Lipinski definition) is 1. The molecular weight excluding hydrogens is 200 g/mol. The van der Waals surface area contributed by atoms with Crippen molar-refractivity contribution in [1.29, 1.82) is 0 Å². The molecule has 0 amide bonds. The lowest BCUT2D eigenvalue weighted by Crippen LogP contribution is -2.36. The van der Waals surface area contributed by atoms with Gasteiger partial charge >= 0.3 is 0 Å². The third kappa shape index (κ3) is 2.37. The molecular formula is C14H16S. The van der Waals surface area contributed by atoms with Crippen LogP contribution in [0.4, 0.5) is 0 Å². The molecule has 0 nitrogen and oxygen atoms in total. The molecule has 0 radical (unpaired) electrons. The van der Waals surface area contributed by atoms with Crippen molar-refractivity contribution >= 4 is 35.6 Å². The minimum Gasteiger partial charge on any atom is -0.136 e. The molecule has 1 aromatic rings. The van der Waals surface area contributed by atoms with E-state index >= 15 is 0 Å². The Bertz CT molecular complexity index is 583. The van der Waals surface area contributed by atoms with Crippen LogP contribution in [0.15, 0.2) is 25.3 Å². The molecule has 0 aromatic carbocycles. The van der Waals surface area contributed by atoms with Crippen LogP contribution >= 0.6 is 11.3 Å². The van der Waals surface area contributed by atoms with Gasteiger partial charge in [-0.3, -0.25) is 0 Å². The predicted octanol–water partition coefficient (Wildman–Crippen LogP) is 1.28. The lowest BCUT2D eigenvalue weighted by atomic mass is 10.3. The van der Waals surface area contributed by atoms with Crippen LogP contribution in [-0.4, -0.2) is 0 Å². The Balaban J connectivity index is 3.98. The second-order valence-electron chi connectivity index (χ2n) is 3.04. The summed E-state index contributed by atoms with van der Waals surface area (Å²) in [5.74, 6) is 0. The quantitative estimate of drug-likeness (QED) is 0.699. The molecule has 0 fully saturated rings. The van der Waals surface area contributed by atoms with E-state index in [1.54, 1.807) is 11.3 Å². The van der Waals surface area contributed by atoms with Gasteiger partial charge in [0.05, 0.1) is 0 Å². The van der Waals surface area contributed by atoms with Crippen molar-refractivity contribution < 1.29 is 0 Å². The maximum absolute atomic E-state index is 3.75. The highest BCUT2D eigenvalue weighted by Gasteiger charge is 1.92. The van der Waals surface area contributed by atoms with Crippen LogP contribution in [-0.2, 0) is 0 Å². The zero-order valence-corrected chi connectivity index (χ0v) is 10.1. The van der Waals surface area contributed by atoms with Crippen molar-refractivity contribution in [2.24, 2.45) is 0 Å². The Kier molecular flexibility index (Phi) is 4.32. The van der Waals surface area contributed by atoms with Crippen molar-refractivity contribution in [1.82, 2.24) is 0 Å². The molecule has 0 aliphatic carbocycles. The van der Waals surface area contributed by atoms with Crippen LogP contribution in [0.5, 0.6) is 0 Å². The van der Waals surface area contributed by atoms with Gasteiger partial charge in [-0.15, -0.1) is 11.3 Å². The van der Waals surface area contributed by atoms with Gasteiger partial charge in [0.25, 0.3) is 0 Å². The summed E-state index contributed by atoms with van der Waals surface area (Å²) in [6.07, 6.45) is 12.0. The Morgan fingerprint density at radius 2 is 1.53 bits per heavy atom. The van der Waals surface area contributed by atoms with E-state index < -0.39 is 0 Å². The van der Waals surface area contributed by atoms with Gasteiger partial charge in [-0.1, -0.05) is 43.5 Å². The number of hydrogen-bond donors (Lipinski definition) is 0. The molecule has 0 aliphatic heterocycles. The lowest BCUT2D eigenvalue weighted by molar-refractivity contribution is 1.55. The molecule has 0 saturated carbocycles. The summed E-state index contributed by atoms with van der Waals surface area (Å²) in [6, 6.07) is 0. The van der Waals surface area contributed by atoms with Crippen LogP contribution in [0.3, 0.4) is 0 Å². The normalized spacial score (nSPS) is 16.1. The first kappa shape index (κ1) is 11.7. The van der Waals surface area contributed by atoms with E-state index in [9.17, 15) is 0 Å². The lowest BCUT2D eigenvalue weighted by Gasteiger charge is -1.78. The van der Waals surface area contributed by atoms with Crippen LogP contribution in [0.1, 0.15) is 13.8 Å². The van der Waals surface area contributed by atoms with E-state index in [-0.39, 0.29) is 0 Å². The highest BCUT2D eigenvalue weighted by atomic mass is 32.1. The first-order valence-corrected chi connectivity index (χ1v) is 5.77. The Morgan fingerprint density at radius 1 is 0.867 bits per heavy atom. The largest absolute Gasteiger partial charge is 0.136 e. The topological polar surface area (TPSA) is 0 Å². The summed E-state index contributed by atoms with van der Waals surface area (Å²) in [6.45, 7) is 11.6. The van der Waals surface area contributed by atoms with Crippen LogP contribution in [0, 0.1) is 0 Å². The predicted molar refractivity (Wildman–Crippen MR) is 72.4 cm³/mol. The smallest absolute Gasteiger partial charge is 0.0354 e. The van der Waals surface area contributed by atoms with Gasteiger partial charge in [0.2, 0.25) is 0 Å². The summed E-state index contributed by atoms with van der Waals surface area (Å²) in [5, 5.41) is 2.53. The maximum atomic E-state index is 3.75. The molecule has 1 heterocycles. The van der Waals surface area contributed by atoms with E-state index in [4.69, 9.17) is 0 Å². The maximum Gasteiger partial charge on any atom is 0.0354 e. The molecule has 0 unspecified atom stereocenters. The van der Waals surface area contributed by atoms with Crippen molar-refractivity contribution in [3.05, 3.63) is 44.8 Å². The first-order valence-electron chi connectivity index (χ1n) is 4.95. The molecule has 0 spiro atoms. The zero-order valence-electron chi connectivity index (χ0n) is 9.29. The highest BCUT2D eigenvalue weighted by Crippen LogP contribution is 1.73. The van der Waals surface area contributed by atoms with Crippen molar-refractivity contribution in [2.75, 3.05) is 0 Å². The number of rotatable bonds is 2. The molecule has 1 aromatic heterocycles. The molecule has 0 bridgehead atoms. The van der Waals surface area contributed by atoms with E-state index in [0.29, 0.717) is 0 Å². The summed E-state index contributed by atoms with van der Waals surface area (Å²) in [4.78, 5) is 0. The van der Waals surface area contributed by atoms with Gasteiger partial charge in [-0.2, -0.15) is 0 Å². The molecule has 1 rings (SSSR count). The fourth-order valence-electron chi connectivity index (χ4n) is 1.53. The van der Waals surface area contributed by atoms with E-state index in [0.717, 1.165) is 0 Å². The van der Waals surface area contributed by atoms with Gasteiger partial charge in [0, 0.05) is 9.06 Å². The Labute approximate surface area is 94.6 Å².